The quantitative estimate of drug-likeness (QED) is 0.838. The van der Waals surface area contributed by atoms with Gasteiger partial charge in [-0.2, -0.15) is 11.8 Å². The van der Waals surface area contributed by atoms with E-state index in [4.69, 9.17) is 0 Å². The van der Waals surface area contributed by atoms with E-state index in [0.717, 1.165) is 17.8 Å². The third-order valence-corrected chi connectivity index (χ3v) is 5.60. The lowest BCUT2D eigenvalue weighted by atomic mass is 10.2. The van der Waals surface area contributed by atoms with E-state index >= 15 is 0 Å². The number of likely N-dealkylation sites (tertiary alicyclic amines) is 1. The van der Waals surface area contributed by atoms with Crippen molar-refractivity contribution in [2.24, 2.45) is 0 Å². The Morgan fingerprint density at radius 3 is 3.00 bits per heavy atom. The highest BCUT2D eigenvalue weighted by Crippen LogP contribution is 2.37. The Kier molecular flexibility index (Phi) is 2.58. The van der Waals surface area contributed by atoms with Crippen molar-refractivity contribution in [3.8, 4) is 0 Å². The van der Waals surface area contributed by atoms with Gasteiger partial charge in [-0.25, -0.2) is 0 Å². The number of thioether (sulfide) groups is 1. The first-order chi connectivity index (χ1) is 9.31. The molecule has 0 saturated carbocycles. The second kappa shape index (κ2) is 4.30. The van der Waals surface area contributed by atoms with Gasteiger partial charge in [-0.1, -0.05) is 18.2 Å². The number of rotatable bonds is 2. The number of carbonyl (C=O) groups excluding carboxylic acids is 1. The minimum absolute atomic E-state index is 0.272. The zero-order valence-corrected chi connectivity index (χ0v) is 11.5. The lowest BCUT2D eigenvalue weighted by Gasteiger charge is -2.27. The first kappa shape index (κ1) is 11.4. The van der Waals surface area contributed by atoms with Crippen LogP contribution in [0.15, 0.2) is 36.5 Å². The van der Waals surface area contributed by atoms with Gasteiger partial charge in [-0.15, -0.1) is 0 Å². The van der Waals surface area contributed by atoms with Crippen LogP contribution in [0.4, 0.5) is 0 Å². The summed E-state index contributed by atoms with van der Waals surface area (Å²) in [7, 11) is 0. The smallest absolute Gasteiger partial charge is 0.242 e. The molecule has 2 atom stereocenters. The van der Waals surface area contributed by atoms with Crippen molar-refractivity contribution >= 4 is 28.6 Å². The molecule has 2 fully saturated rings. The van der Waals surface area contributed by atoms with Crippen LogP contribution in [0.1, 0.15) is 6.42 Å². The van der Waals surface area contributed by atoms with Crippen molar-refractivity contribution in [3.05, 3.63) is 36.5 Å². The highest BCUT2D eigenvalue weighted by molar-refractivity contribution is 8.00. The summed E-state index contributed by atoms with van der Waals surface area (Å²) in [4.78, 5) is 14.5. The molecule has 2 saturated heterocycles. The summed E-state index contributed by atoms with van der Waals surface area (Å²) >= 11 is 2.02. The summed E-state index contributed by atoms with van der Waals surface area (Å²) in [5.41, 5.74) is 1.15. The van der Waals surface area contributed by atoms with Crippen LogP contribution in [0.3, 0.4) is 0 Å². The minimum atomic E-state index is 0.272. The molecule has 2 aromatic rings. The normalized spacial score (nSPS) is 25.4. The van der Waals surface area contributed by atoms with E-state index in [2.05, 4.69) is 27.7 Å². The van der Waals surface area contributed by atoms with E-state index in [1.165, 1.54) is 11.8 Å². The Morgan fingerprint density at radius 1 is 1.32 bits per heavy atom. The minimum Gasteiger partial charge on any atom is -0.338 e. The fourth-order valence-corrected chi connectivity index (χ4v) is 4.65. The molecule has 19 heavy (non-hydrogen) atoms. The number of benzene rings is 1. The molecule has 2 unspecified atom stereocenters. The van der Waals surface area contributed by atoms with E-state index in [1.54, 1.807) is 0 Å². The molecule has 0 aliphatic carbocycles. The van der Waals surface area contributed by atoms with Gasteiger partial charge in [-0.3, -0.25) is 4.79 Å². The molecule has 0 N–H and O–H groups in total. The summed E-state index contributed by atoms with van der Waals surface area (Å²) < 4.78 is 2.07. The van der Waals surface area contributed by atoms with Gasteiger partial charge in [0.15, 0.2) is 0 Å². The molecule has 3 heterocycles. The second-order valence-electron chi connectivity index (χ2n) is 5.39. The maximum Gasteiger partial charge on any atom is 0.242 e. The maximum absolute atomic E-state index is 12.4. The fourth-order valence-electron chi connectivity index (χ4n) is 3.22. The second-order valence-corrected chi connectivity index (χ2v) is 6.73. The summed E-state index contributed by atoms with van der Waals surface area (Å²) in [6.07, 6.45) is 3.22. The average Bonchev–Trinajstić information content (AvgIpc) is 3.14. The number of hydrogen-bond donors (Lipinski definition) is 0. The van der Waals surface area contributed by atoms with E-state index in [-0.39, 0.29) is 5.91 Å². The molecule has 0 spiro atoms. The van der Waals surface area contributed by atoms with Gasteiger partial charge >= 0.3 is 0 Å². The molecule has 1 aromatic heterocycles. The number of amides is 1. The van der Waals surface area contributed by atoms with Crippen LogP contribution in [-0.2, 0) is 11.3 Å². The number of para-hydroxylation sites is 1. The average molecular weight is 272 g/mol. The van der Waals surface area contributed by atoms with E-state index in [9.17, 15) is 4.79 Å². The van der Waals surface area contributed by atoms with Crippen LogP contribution >= 0.6 is 11.8 Å². The number of hydrogen-bond acceptors (Lipinski definition) is 2. The Bertz CT molecular complexity index is 636. The third-order valence-electron chi connectivity index (χ3n) is 4.21. The summed E-state index contributed by atoms with van der Waals surface area (Å²) in [5, 5.41) is 1.89. The monoisotopic (exact) mass is 272 g/mol. The molecule has 2 aliphatic rings. The standard InChI is InChI=1S/C15H16N2OS/c18-15(17-8-13-7-12(17)10-19-13)9-16-6-5-11-3-1-2-4-14(11)16/h1-6,12-13H,7-10H2. The maximum atomic E-state index is 12.4. The number of carbonyl (C=O) groups is 1. The van der Waals surface area contributed by atoms with Crippen molar-refractivity contribution in [2.75, 3.05) is 12.3 Å². The molecule has 98 valence electrons. The van der Waals surface area contributed by atoms with Gasteiger partial charge < -0.3 is 9.47 Å². The topological polar surface area (TPSA) is 25.2 Å². The highest BCUT2D eigenvalue weighted by Gasteiger charge is 2.40. The number of nitrogens with zero attached hydrogens (tertiary/aromatic N) is 2. The predicted octanol–water partition coefficient (Wildman–Crippen LogP) is 2.36. The molecule has 3 nitrogen and oxygen atoms in total. The predicted molar refractivity (Wildman–Crippen MR) is 78.3 cm³/mol. The SMILES string of the molecule is O=C(Cn1ccc2ccccc21)N1CC2CC1CS2. The van der Waals surface area contributed by atoms with Crippen LogP contribution in [0.25, 0.3) is 10.9 Å². The Hall–Kier alpha value is -1.42. The molecule has 2 bridgehead atoms. The molecule has 4 rings (SSSR count). The van der Waals surface area contributed by atoms with Gasteiger partial charge in [0.25, 0.3) is 0 Å². The lowest BCUT2D eigenvalue weighted by molar-refractivity contribution is -0.132. The van der Waals surface area contributed by atoms with Crippen molar-refractivity contribution < 1.29 is 4.79 Å². The van der Waals surface area contributed by atoms with Gasteiger partial charge in [0.1, 0.15) is 6.54 Å². The largest absolute Gasteiger partial charge is 0.338 e. The first-order valence-corrected chi connectivity index (χ1v) is 7.81. The zero-order chi connectivity index (χ0) is 12.8. The summed E-state index contributed by atoms with van der Waals surface area (Å²) in [5.74, 6) is 1.40. The molecule has 2 aliphatic heterocycles. The molecular weight excluding hydrogens is 256 g/mol. The molecule has 1 amide bonds. The molecule has 0 radical (unpaired) electrons. The van der Waals surface area contributed by atoms with E-state index in [0.29, 0.717) is 17.8 Å². The lowest BCUT2D eigenvalue weighted by Crippen LogP contribution is -2.40. The van der Waals surface area contributed by atoms with E-state index < -0.39 is 0 Å². The van der Waals surface area contributed by atoms with Crippen molar-refractivity contribution in [1.82, 2.24) is 9.47 Å². The molecule has 4 heteroatoms. The van der Waals surface area contributed by atoms with E-state index in [1.807, 2.05) is 30.1 Å². The van der Waals surface area contributed by atoms with Gasteiger partial charge in [0, 0.05) is 35.3 Å². The Balaban J connectivity index is 1.56. The first-order valence-electron chi connectivity index (χ1n) is 6.76. The van der Waals surface area contributed by atoms with Crippen molar-refractivity contribution in [2.45, 2.75) is 24.3 Å². The zero-order valence-electron chi connectivity index (χ0n) is 10.7. The number of aromatic nitrogens is 1. The van der Waals surface area contributed by atoms with Crippen LogP contribution in [0, 0.1) is 0 Å². The Labute approximate surface area is 116 Å². The summed E-state index contributed by atoms with van der Waals surface area (Å²) in [6, 6.07) is 10.8. The fraction of sp³-hybridized carbons (Fsp3) is 0.400. The van der Waals surface area contributed by atoms with Crippen molar-refractivity contribution in [3.63, 3.8) is 0 Å². The van der Waals surface area contributed by atoms with Crippen LogP contribution in [-0.4, -0.2) is 39.0 Å². The number of fused-ring (bicyclic) bond motifs is 3. The van der Waals surface area contributed by atoms with Crippen LogP contribution < -0.4 is 0 Å². The van der Waals surface area contributed by atoms with Crippen LogP contribution in [0.5, 0.6) is 0 Å². The summed E-state index contributed by atoms with van der Waals surface area (Å²) in [6.45, 7) is 1.43. The molecular formula is C15H16N2OS. The van der Waals surface area contributed by atoms with Gasteiger partial charge in [0.05, 0.1) is 0 Å². The third kappa shape index (κ3) is 1.86. The van der Waals surface area contributed by atoms with Gasteiger partial charge in [-0.05, 0) is 23.9 Å². The van der Waals surface area contributed by atoms with Gasteiger partial charge in [0.2, 0.25) is 5.91 Å². The van der Waals surface area contributed by atoms with Crippen molar-refractivity contribution in [1.29, 1.82) is 0 Å². The Morgan fingerprint density at radius 2 is 2.21 bits per heavy atom. The highest BCUT2D eigenvalue weighted by atomic mass is 32.2. The molecule has 1 aromatic carbocycles. The van der Waals surface area contributed by atoms with Crippen LogP contribution in [0.2, 0.25) is 0 Å².